The van der Waals surface area contributed by atoms with E-state index in [1.54, 1.807) is 12.1 Å². The van der Waals surface area contributed by atoms with Crippen LogP contribution in [0.2, 0.25) is 0 Å². The summed E-state index contributed by atoms with van der Waals surface area (Å²) in [5.74, 6) is -0.519. The lowest BCUT2D eigenvalue weighted by Gasteiger charge is -2.04. The Balaban J connectivity index is 1.30. The van der Waals surface area contributed by atoms with E-state index in [0.717, 1.165) is 38.0 Å². The van der Waals surface area contributed by atoms with E-state index >= 15 is 0 Å². The monoisotopic (exact) mass is 464 g/mol. The van der Waals surface area contributed by atoms with Crippen LogP contribution in [0.25, 0.3) is 22.5 Å². The van der Waals surface area contributed by atoms with E-state index in [1.807, 2.05) is 30.5 Å². The first-order chi connectivity index (χ1) is 15.4. The molecule has 0 aliphatic carbocycles. The summed E-state index contributed by atoms with van der Waals surface area (Å²) in [6, 6.07) is 11.8. The highest BCUT2D eigenvalue weighted by Crippen LogP contribution is 2.32. The van der Waals surface area contributed by atoms with Gasteiger partial charge in [0.1, 0.15) is 5.82 Å². The van der Waals surface area contributed by atoms with Crippen molar-refractivity contribution in [2.24, 2.45) is 0 Å². The van der Waals surface area contributed by atoms with E-state index in [0.29, 0.717) is 17.2 Å². The molecule has 5 rings (SSSR count). The Kier molecular flexibility index (Phi) is 5.28. The molecule has 1 aliphatic heterocycles. The fourth-order valence-corrected chi connectivity index (χ4v) is 5.28. The second-order valence-electron chi connectivity index (χ2n) is 7.37. The van der Waals surface area contributed by atoms with Gasteiger partial charge in [0, 0.05) is 27.1 Å². The van der Waals surface area contributed by atoms with Crippen LogP contribution in [-0.4, -0.2) is 21.8 Å². The molecule has 9 heteroatoms. The highest BCUT2D eigenvalue weighted by Gasteiger charge is 2.19. The van der Waals surface area contributed by atoms with Crippen molar-refractivity contribution in [1.82, 2.24) is 9.97 Å². The summed E-state index contributed by atoms with van der Waals surface area (Å²) in [5, 5.41) is 8.89. The van der Waals surface area contributed by atoms with E-state index in [4.69, 9.17) is 0 Å². The first kappa shape index (κ1) is 20.5. The van der Waals surface area contributed by atoms with Crippen molar-refractivity contribution in [3.8, 4) is 22.5 Å². The molecule has 0 spiro atoms. The van der Waals surface area contributed by atoms with Crippen LogP contribution in [0.5, 0.6) is 0 Å². The second kappa shape index (κ2) is 8.25. The van der Waals surface area contributed by atoms with Gasteiger partial charge in [-0.25, -0.2) is 14.4 Å². The summed E-state index contributed by atoms with van der Waals surface area (Å²) in [6.45, 7) is 1.88. The van der Waals surface area contributed by atoms with Gasteiger partial charge in [0.25, 0.3) is 0 Å². The predicted molar refractivity (Wildman–Crippen MR) is 124 cm³/mol. The lowest BCUT2D eigenvalue weighted by molar-refractivity contribution is -0.116. The van der Waals surface area contributed by atoms with Crippen molar-refractivity contribution in [2.45, 2.75) is 19.8 Å². The quantitative estimate of drug-likeness (QED) is 0.433. The molecule has 2 amide bonds. The maximum Gasteiger partial charge on any atom is 0.231 e. The van der Waals surface area contributed by atoms with Crippen molar-refractivity contribution in [3.05, 3.63) is 69.1 Å². The maximum atomic E-state index is 13.3. The molecule has 3 heterocycles. The second-order valence-corrected chi connectivity index (χ2v) is 9.52. The van der Waals surface area contributed by atoms with Gasteiger partial charge in [-0.3, -0.25) is 9.59 Å². The van der Waals surface area contributed by atoms with Gasteiger partial charge in [-0.15, -0.1) is 22.7 Å². The van der Waals surface area contributed by atoms with Crippen LogP contribution < -0.4 is 10.6 Å². The third-order valence-corrected chi connectivity index (χ3v) is 6.75. The Labute approximate surface area is 191 Å². The van der Waals surface area contributed by atoms with E-state index in [2.05, 4.69) is 20.6 Å². The summed E-state index contributed by atoms with van der Waals surface area (Å²) < 4.78 is 13.3. The van der Waals surface area contributed by atoms with Gasteiger partial charge in [0.05, 0.1) is 29.2 Å². The standard InChI is InChI=1S/C23H17FN4O2S2/c1-12-25-22(13-2-5-16(24)6-3-13)19(32-12)10-21(30)28-23-27-18(11-31-23)14-4-7-17-15(8-14)9-20(29)26-17/h2-8,11H,9-10H2,1H3,(H,26,29)(H,27,28,30). The Morgan fingerprint density at radius 2 is 1.94 bits per heavy atom. The largest absolute Gasteiger partial charge is 0.326 e. The van der Waals surface area contributed by atoms with Crippen molar-refractivity contribution in [1.29, 1.82) is 0 Å². The van der Waals surface area contributed by atoms with Crippen LogP contribution in [0.15, 0.2) is 47.8 Å². The zero-order valence-corrected chi connectivity index (χ0v) is 18.6. The highest BCUT2D eigenvalue weighted by atomic mass is 32.1. The molecule has 0 atom stereocenters. The number of halogens is 1. The number of aryl methyl sites for hydroxylation is 1. The topological polar surface area (TPSA) is 84.0 Å². The van der Waals surface area contributed by atoms with Crippen molar-refractivity contribution < 1.29 is 14.0 Å². The van der Waals surface area contributed by atoms with Gasteiger partial charge in [-0.1, -0.05) is 6.07 Å². The minimum absolute atomic E-state index is 0.0123. The Morgan fingerprint density at radius 1 is 1.16 bits per heavy atom. The molecule has 0 fully saturated rings. The van der Waals surface area contributed by atoms with Crippen LogP contribution in [0.4, 0.5) is 15.2 Å². The number of carbonyl (C=O) groups excluding carboxylic acids is 2. The van der Waals surface area contributed by atoms with E-state index < -0.39 is 0 Å². The third kappa shape index (κ3) is 4.17. The summed E-state index contributed by atoms with van der Waals surface area (Å²) in [6.07, 6.45) is 0.515. The summed E-state index contributed by atoms with van der Waals surface area (Å²) >= 11 is 2.79. The highest BCUT2D eigenvalue weighted by molar-refractivity contribution is 7.14. The zero-order chi connectivity index (χ0) is 22.2. The van der Waals surface area contributed by atoms with Crippen molar-refractivity contribution in [3.63, 3.8) is 0 Å². The number of hydrogen-bond donors (Lipinski definition) is 2. The summed E-state index contributed by atoms with van der Waals surface area (Å²) in [5.41, 5.74) is 4.89. The minimum atomic E-state index is -0.314. The number of thiazole rings is 2. The third-order valence-electron chi connectivity index (χ3n) is 5.02. The van der Waals surface area contributed by atoms with Gasteiger partial charge in [-0.05, 0) is 48.9 Å². The van der Waals surface area contributed by atoms with Crippen molar-refractivity contribution in [2.75, 3.05) is 10.6 Å². The number of benzene rings is 2. The molecule has 1 aliphatic rings. The average Bonchev–Trinajstić information content (AvgIpc) is 3.46. The van der Waals surface area contributed by atoms with Crippen LogP contribution in [0.1, 0.15) is 15.4 Å². The molecule has 2 aromatic heterocycles. The number of nitrogens with one attached hydrogen (secondary N) is 2. The zero-order valence-electron chi connectivity index (χ0n) is 16.9. The smallest absolute Gasteiger partial charge is 0.231 e. The van der Waals surface area contributed by atoms with Crippen LogP contribution in [-0.2, 0) is 22.4 Å². The van der Waals surface area contributed by atoms with E-state index in [-0.39, 0.29) is 24.1 Å². The van der Waals surface area contributed by atoms with E-state index in [1.165, 1.54) is 34.8 Å². The normalized spacial score (nSPS) is 12.5. The molecule has 0 unspecified atom stereocenters. The van der Waals surface area contributed by atoms with Gasteiger partial charge < -0.3 is 10.6 Å². The molecule has 160 valence electrons. The van der Waals surface area contributed by atoms with Gasteiger partial charge >= 0.3 is 0 Å². The average molecular weight is 465 g/mol. The maximum absolute atomic E-state index is 13.3. The number of rotatable bonds is 5. The fourth-order valence-electron chi connectivity index (χ4n) is 3.58. The molecule has 4 aromatic rings. The molecule has 0 saturated carbocycles. The number of aromatic nitrogens is 2. The van der Waals surface area contributed by atoms with Crippen LogP contribution in [0, 0.1) is 12.7 Å². The molecule has 2 N–H and O–H groups in total. The first-order valence-electron chi connectivity index (χ1n) is 9.85. The molecule has 2 aromatic carbocycles. The first-order valence-corrected chi connectivity index (χ1v) is 11.5. The number of carbonyl (C=O) groups is 2. The van der Waals surface area contributed by atoms with Gasteiger partial charge in [0.2, 0.25) is 11.8 Å². The number of anilines is 2. The Morgan fingerprint density at radius 3 is 2.75 bits per heavy atom. The lowest BCUT2D eigenvalue weighted by Crippen LogP contribution is -2.14. The molecule has 0 bridgehead atoms. The van der Waals surface area contributed by atoms with Crippen LogP contribution in [0.3, 0.4) is 0 Å². The summed E-state index contributed by atoms with van der Waals surface area (Å²) in [7, 11) is 0. The fraction of sp³-hybridized carbons (Fsp3) is 0.130. The predicted octanol–water partition coefficient (Wildman–Crippen LogP) is 5.06. The van der Waals surface area contributed by atoms with Crippen molar-refractivity contribution >= 4 is 45.3 Å². The minimum Gasteiger partial charge on any atom is -0.326 e. The number of amides is 2. The van der Waals surface area contributed by atoms with E-state index in [9.17, 15) is 14.0 Å². The SMILES string of the molecule is Cc1nc(-c2ccc(F)cc2)c(CC(=O)Nc2nc(-c3ccc4c(c3)CC(=O)N4)cs2)s1. The lowest BCUT2D eigenvalue weighted by atomic mass is 10.1. The molecule has 0 radical (unpaired) electrons. The number of hydrogen-bond acceptors (Lipinski definition) is 6. The van der Waals surface area contributed by atoms with Gasteiger partial charge in [-0.2, -0.15) is 0 Å². The number of nitrogens with zero attached hydrogens (tertiary/aromatic N) is 2. The molecule has 32 heavy (non-hydrogen) atoms. The molecule has 0 saturated heterocycles. The molecular formula is C23H17FN4O2S2. The summed E-state index contributed by atoms with van der Waals surface area (Å²) in [4.78, 5) is 34.1. The molecule has 6 nitrogen and oxygen atoms in total. The number of fused-ring (bicyclic) bond motifs is 1. The van der Waals surface area contributed by atoms with Crippen LogP contribution >= 0.6 is 22.7 Å². The van der Waals surface area contributed by atoms with Gasteiger partial charge in [0.15, 0.2) is 5.13 Å². The molecular weight excluding hydrogens is 447 g/mol. The Hall–Kier alpha value is -3.43. The Bertz CT molecular complexity index is 1340.